The Hall–Kier alpha value is -2.49. The monoisotopic (exact) mass is 643 g/mol. The van der Waals surface area contributed by atoms with Crippen LogP contribution in [0.1, 0.15) is 26.3 Å². The summed E-state index contributed by atoms with van der Waals surface area (Å²) in [5.41, 5.74) is 0.431. The predicted molar refractivity (Wildman–Crippen MR) is 162 cm³/mol. The highest BCUT2D eigenvalue weighted by atomic mass is 35.5. The molecule has 214 valence electrons. The van der Waals surface area contributed by atoms with E-state index in [1.165, 1.54) is 35.2 Å². The van der Waals surface area contributed by atoms with Crippen molar-refractivity contribution < 1.29 is 18.0 Å². The summed E-state index contributed by atoms with van der Waals surface area (Å²) >= 11 is 25.4. The molecule has 0 aliphatic rings. The fourth-order valence-electron chi connectivity index (χ4n) is 3.81. The van der Waals surface area contributed by atoms with Crippen molar-refractivity contribution in [1.82, 2.24) is 10.2 Å². The Kier molecular flexibility index (Phi) is 11.1. The Morgan fingerprint density at radius 2 is 1.40 bits per heavy atom. The number of carbonyl (C=O) groups is 2. The van der Waals surface area contributed by atoms with E-state index in [0.29, 0.717) is 22.2 Å². The molecule has 2 amide bonds. The molecule has 1 unspecified atom stereocenters. The number of hydrogen-bond acceptors (Lipinski definition) is 4. The largest absolute Gasteiger partial charge is 0.354 e. The molecule has 12 heteroatoms. The first-order valence-electron chi connectivity index (χ1n) is 12.4. The highest BCUT2D eigenvalue weighted by Crippen LogP contribution is 2.36. The third-order valence-electron chi connectivity index (χ3n) is 6.05. The Morgan fingerprint density at radius 1 is 0.825 bits per heavy atom. The van der Waals surface area contributed by atoms with Crippen LogP contribution in [-0.4, -0.2) is 44.3 Å². The van der Waals surface area contributed by atoms with Gasteiger partial charge in [-0.15, -0.1) is 0 Å². The van der Waals surface area contributed by atoms with Gasteiger partial charge in [-0.1, -0.05) is 90.6 Å². The van der Waals surface area contributed by atoms with Crippen LogP contribution in [0.15, 0.2) is 71.6 Å². The lowest BCUT2D eigenvalue weighted by atomic mass is 10.1. The van der Waals surface area contributed by atoms with Crippen molar-refractivity contribution >= 4 is 73.9 Å². The highest BCUT2D eigenvalue weighted by molar-refractivity contribution is 7.92. The standard InChI is InChI=1S/C28H29Cl4N3O4S/c1-18(2)15-33-28(37)19(3)34(16-21-22(29)11-7-12-23(21)30)26(36)17-35(25-14-8-13-24(31)27(25)32)40(38,39)20-9-5-4-6-10-20/h4-14,18-19H,15-17H2,1-3H3,(H,33,37). The first-order chi connectivity index (χ1) is 18.8. The van der Waals surface area contributed by atoms with Gasteiger partial charge in [0.1, 0.15) is 12.6 Å². The van der Waals surface area contributed by atoms with Gasteiger partial charge in [0.05, 0.1) is 20.6 Å². The van der Waals surface area contributed by atoms with Crippen LogP contribution in [-0.2, 0) is 26.2 Å². The topological polar surface area (TPSA) is 86.8 Å². The van der Waals surface area contributed by atoms with E-state index in [1.807, 2.05) is 13.8 Å². The van der Waals surface area contributed by atoms with Crippen molar-refractivity contribution in [2.24, 2.45) is 5.92 Å². The molecule has 7 nitrogen and oxygen atoms in total. The molecule has 0 aromatic heterocycles. The van der Waals surface area contributed by atoms with Gasteiger partial charge >= 0.3 is 0 Å². The van der Waals surface area contributed by atoms with Gasteiger partial charge in [0.2, 0.25) is 11.8 Å². The first-order valence-corrected chi connectivity index (χ1v) is 15.3. The summed E-state index contributed by atoms with van der Waals surface area (Å²) in [5.74, 6) is -0.919. The summed E-state index contributed by atoms with van der Waals surface area (Å²) in [6.07, 6.45) is 0. The number of amides is 2. The second-order valence-corrected chi connectivity index (χ2v) is 12.9. The molecule has 0 fully saturated rings. The van der Waals surface area contributed by atoms with Gasteiger partial charge in [0, 0.05) is 28.7 Å². The summed E-state index contributed by atoms with van der Waals surface area (Å²) in [6, 6.07) is 16.0. The SMILES string of the molecule is CC(C)CNC(=O)C(C)N(Cc1c(Cl)cccc1Cl)C(=O)CN(c1cccc(Cl)c1Cl)S(=O)(=O)c1ccccc1. The third-order valence-corrected chi connectivity index (χ3v) is 9.34. The van der Waals surface area contributed by atoms with Crippen LogP contribution in [0.4, 0.5) is 5.69 Å². The van der Waals surface area contributed by atoms with E-state index in [-0.39, 0.29) is 33.1 Å². The highest BCUT2D eigenvalue weighted by Gasteiger charge is 2.34. The lowest BCUT2D eigenvalue weighted by Crippen LogP contribution is -2.51. The maximum atomic E-state index is 14.0. The summed E-state index contributed by atoms with van der Waals surface area (Å²) < 4.78 is 28.6. The van der Waals surface area contributed by atoms with Crippen molar-refractivity contribution in [2.75, 3.05) is 17.4 Å². The van der Waals surface area contributed by atoms with E-state index in [4.69, 9.17) is 46.4 Å². The van der Waals surface area contributed by atoms with Gasteiger partial charge in [-0.25, -0.2) is 8.42 Å². The molecule has 0 aliphatic carbocycles. The molecule has 0 radical (unpaired) electrons. The molecule has 0 bridgehead atoms. The molecule has 40 heavy (non-hydrogen) atoms. The molecule has 0 aliphatic heterocycles. The molecule has 0 spiro atoms. The Bertz CT molecular complexity index is 1450. The molecule has 0 saturated carbocycles. The fourth-order valence-corrected chi connectivity index (χ4v) is 6.22. The second-order valence-electron chi connectivity index (χ2n) is 9.43. The number of rotatable bonds is 11. The molecule has 3 aromatic carbocycles. The lowest BCUT2D eigenvalue weighted by Gasteiger charge is -2.32. The summed E-state index contributed by atoms with van der Waals surface area (Å²) in [4.78, 5) is 28.3. The van der Waals surface area contributed by atoms with E-state index in [9.17, 15) is 18.0 Å². The Labute approximate surface area is 255 Å². The molecule has 3 aromatic rings. The van der Waals surface area contributed by atoms with Crippen LogP contribution in [0.2, 0.25) is 20.1 Å². The van der Waals surface area contributed by atoms with E-state index in [1.54, 1.807) is 43.3 Å². The average molecular weight is 645 g/mol. The van der Waals surface area contributed by atoms with E-state index in [0.717, 1.165) is 4.31 Å². The van der Waals surface area contributed by atoms with Gasteiger partial charge in [0.25, 0.3) is 10.0 Å². The zero-order chi connectivity index (χ0) is 29.6. The van der Waals surface area contributed by atoms with Gasteiger partial charge in [-0.05, 0) is 49.2 Å². The number of nitrogens with one attached hydrogen (secondary N) is 1. The fraction of sp³-hybridized carbons (Fsp3) is 0.286. The van der Waals surface area contributed by atoms with Gasteiger partial charge in [-0.2, -0.15) is 0 Å². The number of benzene rings is 3. The maximum absolute atomic E-state index is 14.0. The number of halogens is 4. The van der Waals surface area contributed by atoms with Crippen LogP contribution < -0.4 is 9.62 Å². The summed E-state index contributed by atoms with van der Waals surface area (Å²) in [7, 11) is -4.29. The first kappa shape index (κ1) is 32.0. The van der Waals surface area contributed by atoms with Crippen LogP contribution in [0.25, 0.3) is 0 Å². The minimum Gasteiger partial charge on any atom is -0.354 e. The summed E-state index contributed by atoms with van der Waals surface area (Å²) in [5, 5.41) is 3.49. The molecule has 0 heterocycles. The number of hydrogen-bond donors (Lipinski definition) is 1. The van der Waals surface area contributed by atoms with E-state index in [2.05, 4.69) is 5.32 Å². The van der Waals surface area contributed by atoms with Crippen molar-refractivity contribution in [2.45, 2.75) is 38.3 Å². The quantitative estimate of drug-likeness (QED) is 0.252. The molecular formula is C28H29Cl4N3O4S. The molecular weight excluding hydrogens is 616 g/mol. The van der Waals surface area contributed by atoms with Crippen LogP contribution in [0, 0.1) is 5.92 Å². The van der Waals surface area contributed by atoms with Gasteiger partial charge in [0.15, 0.2) is 0 Å². The van der Waals surface area contributed by atoms with E-state index < -0.39 is 34.4 Å². The molecule has 1 N–H and O–H groups in total. The van der Waals surface area contributed by atoms with Crippen LogP contribution >= 0.6 is 46.4 Å². The molecule has 1 atom stereocenters. The summed E-state index contributed by atoms with van der Waals surface area (Å²) in [6.45, 7) is 5.01. The number of carbonyl (C=O) groups excluding carboxylic acids is 2. The average Bonchev–Trinajstić information content (AvgIpc) is 2.92. The second kappa shape index (κ2) is 13.9. The Balaban J connectivity index is 2.08. The smallest absolute Gasteiger partial charge is 0.264 e. The van der Waals surface area contributed by atoms with Crippen molar-refractivity contribution in [1.29, 1.82) is 0 Å². The zero-order valence-electron chi connectivity index (χ0n) is 22.1. The lowest BCUT2D eigenvalue weighted by molar-refractivity contribution is -0.139. The van der Waals surface area contributed by atoms with Crippen molar-refractivity contribution in [3.63, 3.8) is 0 Å². The normalized spacial score (nSPS) is 12.2. The van der Waals surface area contributed by atoms with Crippen molar-refractivity contribution in [3.05, 3.63) is 92.4 Å². The minimum atomic E-state index is -4.29. The number of nitrogens with zero attached hydrogens (tertiary/aromatic N) is 2. The predicted octanol–water partition coefficient (Wildman–Crippen LogP) is 6.69. The van der Waals surface area contributed by atoms with Gasteiger partial charge < -0.3 is 10.2 Å². The molecule has 3 rings (SSSR count). The third kappa shape index (κ3) is 7.62. The maximum Gasteiger partial charge on any atom is 0.264 e. The van der Waals surface area contributed by atoms with Crippen LogP contribution in [0.5, 0.6) is 0 Å². The number of sulfonamides is 1. The minimum absolute atomic E-state index is 0.0130. The van der Waals surface area contributed by atoms with Crippen LogP contribution in [0.3, 0.4) is 0 Å². The van der Waals surface area contributed by atoms with E-state index >= 15 is 0 Å². The van der Waals surface area contributed by atoms with Crippen molar-refractivity contribution in [3.8, 4) is 0 Å². The van der Waals surface area contributed by atoms with Gasteiger partial charge in [-0.3, -0.25) is 13.9 Å². The number of anilines is 1. The Morgan fingerprint density at radius 3 is 2.00 bits per heavy atom. The molecule has 0 saturated heterocycles. The zero-order valence-corrected chi connectivity index (χ0v) is 25.9.